The minimum absolute atomic E-state index is 0.197. The van der Waals surface area contributed by atoms with Crippen LogP contribution in [0.2, 0.25) is 0 Å². The highest BCUT2D eigenvalue weighted by atomic mass is 19.4. The lowest BCUT2D eigenvalue weighted by molar-refractivity contribution is -0.0790. The summed E-state index contributed by atoms with van der Waals surface area (Å²) in [5.41, 5.74) is 2.67. The van der Waals surface area contributed by atoms with E-state index in [-0.39, 0.29) is 11.6 Å². The SMILES string of the molecule is Cc1ccc(-c2ccc(-c3cc(F)c(C=CC(F)(F)F)c(F)c3)cc2)nc1. The van der Waals surface area contributed by atoms with E-state index in [1.165, 1.54) is 0 Å². The number of nitrogens with zero attached hydrogens (tertiary/aromatic N) is 1. The van der Waals surface area contributed by atoms with Crippen molar-refractivity contribution in [1.82, 2.24) is 4.98 Å². The lowest BCUT2D eigenvalue weighted by Crippen LogP contribution is -2.01. The number of hydrogen-bond donors (Lipinski definition) is 0. The van der Waals surface area contributed by atoms with Gasteiger partial charge in [-0.2, -0.15) is 13.2 Å². The highest BCUT2D eigenvalue weighted by Crippen LogP contribution is 2.28. The first-order chi connectivity index (χ1) is 12.7. The third-order valence-corrected chi connectivity index (χ3v) is 3.94. The van der Waals surface area contributed by atoms with E-state index in [1.54, 1.807) is 30.5 Å². The number of hydrogen-bond acceptors (Lipinski definition) is 1. The topological polar surface area (TPSA) is 12.9 Å². The monoisotopic (exact) mass is 375 g/mol. The average Bonchev–Trinajstić information content (AvgIpc) is 2.61. The van der Waals surface area contributed by atoms with Crippen LogP contribution < -0.4 is 0 Å². The van der Waals surface area contributed by atoms with Crippen molar-refractivity contribution in [2.45, 2.75) is 13.1 Å². The van der Waals surface area contributed by atoms with Crippen molar-refractivity contribution in [3.63, 3.8) is 0 Å². The lowest BCUT2D eigenvalue weighted by atomic mass is 10.0. The minimum atomic E-state index is -4.64. The Balaban J connectivity index is 1.90. The summed E-state index contributed by atoms with van der Waals surface area (Å²) in [6, 6.07) is 12.7. The van der Waals surface area contributed by atoms with E-state index >= 15 is 0 Å². The van der Waals surface area contributed by atoms with Gasteiger partial charge >= 0.3 is 6.18 Å². The summed E-state index contributed by atoms with van der Waals surface area (Å²) in [6.45, 7) is 1.93. The zero-order valence-electron chi connectivity index (χ0n) is 14.2. The van der Waals surface area contributed by atoms with Crippen molar-refractivity contribution < 1.29 is 22.0 Å². The highest BCUT2D eigenvalue weighted by molar-refractivity contribution is 5.70. The fraction of sp³-hybridized carbons (Fsp3) is 0.0952. The van der Waals surface area contributed by atoms with Gasteiger partial charge in [-0.3, -0.25) is 4.98 Å². The molecule has 0 unspecified atom stereocenters. The summed E-state index contributed by atoms with van der Waals surface area (Å²) < 4.78 is 64.8. The Morgan fingerprint density at radius 1 is 0.815 bits per heavy atom. The number of pyridine rings is 1. The first-order valence-electron chi connectivity index (χ1n) is 8.01. The molecule has 0 spiro atoms. The Bertz CT molecular complexity index is 948. The van der Waals surface area contributed by atoms with Crippen molar-refractivity contribution in [1.29, 1.82) is 0 Å². The second-order valence-corrected chi connectivity index (χ2v) is 6.03. The van der Waals surface area contributed by atoms with E-state index in [0.717, 1.165) is 29.0 Å². The molecule has 6 heteroatoms. The number of rotatable bonds is 3. The average molecular weight is 375 g/mol. The van der Waals surface area contributed by atoms with E-state index in [9.17, 15) is 22.0 Å². The summed E-state index contributed by atoms with van der Waals surface area (Å²) >= 11 is 0. The standard InChI is InChI=1S/C21H14F5N/c1-13-2-7-20(27-12-13)15-5-3-14(4-6-15)16-10-18(22)17(19(23)11-16)8-9-21(24,25)26/h2-12H,1H3. The third-order valence-electron chi connectivity index (χ3n) is 3.94. The molecule has 0 radical (unpaired) electrons. The van der Waals surface area contributed by atoms with Crippen molar-refractivity contribution in [3.8, 4) is 22.4 Å². The fourth-order valence-electron chi connectivity index (χ4n) is 2.56. The maximum absolute atomic E-state index is 14.1. The molecule has 3 aromatic rings. The van der Waals surface area contributed by atoms with Gasteiger partial charge in [0, 0.05) is 23.4 Å². The van der Waals surface area contributed by atoms with Gasteiger partial charge in [-0.15, -0.1) is 0 Å². The molecule has 3 rings (SSSR count). The molecule has 1 aromatic heterocycles. The Labute approximate surface area is 152 Å². The number of benzene rings is 2. The number of allylic oxidation sites excluding steroid dienone is 1. The quantitative estimate of drug-likeness (QED) is 0.471. The number of aryl methyl sites for hydroxylation is 1. The molecule has 0 atom stereocenters. The van der Waals surface area contributed by atoms with Gasteiger partial charge in [0.15, 0.2) is 0 Å². The molecule has 0 fully saturated rings. The van der Waals surface area contributed by atoms with Crippen LogP contribution in [-0.2, 0) is 0 Å². The van der Waals surface area contributed by atoms with Gasteiger partial charge in [0.1, 0.15) is 11.6 Å². The van der Waals surface area contributed by atoms with Gasteiger partial charge in [0.25, 0.3) is 0 Å². The summed E-state index contributed by atoms with van der Waals surface area (Å²) in [6.07, 6.45) is -2.71. The highest BCUT2D eigenvalue weighted by Gasteiger charge is 2.23. The smallest absolute Gasteiger partial charge is 0.256 e. The molecule has 0 aliphatic rings. The molecule has 27 heavy (non-hydrogen) atoms. The van der Waals surface area contributed by atoms with Gasteiger partial charge in [-0.1, -0.05) is 30.3 Å². The number of alkyl halides is 3. The summed E-state index contributed by atoms with van der Waals surface area (Å²) in [5, 5.41) is 0. The second-order valence-electron chi connectivity index (χ2n) is 6.03. The molecule has 138 valence electrons. The molecule has 0 bridgehead atoms. The largest absolute Gasteiger partial charge is 0.409 e. The molecular weight excluding hydrogens is 361 g/mol. The van der Waals surface area contributed by atoms with Crippen LogP contribution in [0.5, 0.6) is 0 Å². The fourth-order valence-corrected chi connectivity index (χ4v) is 2.56. The summed E-state index contributed by atoms with van der Waals surface area (Å²) in [5.74, 6) is -2.12. The third kappa shape index (κ3) is 4.58. The van der Waals surface area contributed by atoms with Crippen LogP contribution in [0, 0.1) is 18.6 Å². The van der Waals surface area contributed by atoms with Crippen LogP contribution in [0.15, 0.2) is 60.8 Å². The van der Waals surface area contributed by atoms with Gasteiger partial charge in [-0.05, 0) is 47.9 Å². The van der Waals surface area contributed by atoms with E-state index in [1.807, 2.05) is 19.1 Å². The van der Waals surface area contributed by atoms with Crippen LogP contribution in [0.4, 0.5) is 22.0 Å². The lowest BCUT2D eigenvalue weighted by Gasteiger charge is -2.08. The molecule has 0 amide bonds. The first kappa shape index (κ1) is 18.8. The van der Waals surface area contributed by atoms with E-state index in [0.29, 0.717) is 11.6 Å². The van der Waals surface area contributed by atoms with E-state index in [4.69, 9.17) is 0 Å². The summed E-state index contributed by atoms with van der Waals surface area (Å²) in [4.78, 5) is 4.31. The molecule has 1 nitrogen and oxygen atoms in total. The van der Waals surface area contributed by atoms with Gasteiger partial charge in [0.05, 0.1) is 5.69 Å². The number of aromatic nitrogens is 1. The van der Waals surface area contributed by atoms with Gasteiger partial charge in [-0.25, -0.2) is 8.78 Å². The minimum Gasteiger partial charge on any atom is -0.256 e. The molecular formula is C21H14F5N. The molecule has 0 saturated carbocycles. The normalized spacial score (nSPS) is 11.9. The molecule has 0 saturated heterocycles. The van der Waals surface area contributed by atoms with Gasteiger partial charge in [0.2, 0.25) is 0 Å². The van der Waals surface area contributed by atoms with Crippen molar-refractivity contribution >= 4 is 6.08 Å². The van der Waals surface area contributed by atoms with E-state index < -0.39 is 23.4 Å². The Kier molecular flexibility index (Phi) is 5.08. The molecule has 0 N–H and O–H groups in total. The Morgan fingerprint density at radius 2 is 1.41 bits per heavy atom. The van der Waals surface area contributed by atoms with Crippen LogP contribution in [-0.4, -0.2) is 11.2 Å². The van der Waals surface area contributed by atoms with Crippen LogP contribution in [0.1, 0.15) is 11.1 Å². The maximum Gasteiger partial charge on any atom is 0.409 e. The van der Waals surface area contributed by atoms with Crippen molar-refractivity contribution in [3.05, 3.63) is 83.6 Å². The first-order valence-corrected chi connectivity index (χ1v) is 8.01. The Hall–Kier alpha value is -3.02. The van der Waals surface area contributed by atoms with Gasteiger partial charge < -0.3 is 0 Å². The van der Waals surface area contributed by atoms with Crippen LogP contribution in [0.25, 0.3) is 28.5 Å². The predicted octanol–water partition coefficient (Wildman–Crippen LogP) is 6.58. The second kappa shape index (κ2) is 7.31. The van der Waals surface area contributed by atoms with Crippen molar-refractivity contribution in [2.24, 2.45) is 0 Å². The molecule has 2 aromatic carbocycles. The predicted molar refractivity (Wildman–Crippen MR) is 94.9 cm³/mol. The number of halogens is 5. The van der Waals surface area contributed by atoms with E-state index in [2.05, 4.69) is 4.98 Å². The molecule has 0 aliphatic heterocycles. The van der Waals surface area contributed by atoms with Crippen LogP contribution in [0.3, 0.4) is 0 Å². The molecule has 1 heterocycles. The zero-order chi connectivity index (χ0) is 19.6. The van der Waals surface area contributed by atoms with Crippen LogP contribution >= 0.6 is 0 Å². The Morgan fingerprint density at radius 3 is 1.93 bits per heavy atom. The summed E-state index contributed by atoms with van der Waals surface area (Å²) in [7, 11) is 0. The zero-order valence-corrected chi connectivity index (χ0v) is 14.2. The van der Waals surface area contributed by atoms with Crippen molar-refractivity contribution in [2.75, 3.05) is 0 Å². The maximum atomic E-state index is 14.1. The molecule has 0 aliphatic carbocycles.